The van der Waals surface area contributed by atoms with Crippen molar-refractivity contribution in [3.8, 4) is 0 Å². The Balaban J connectivity index is 4.30. The van der Waals surface area contributed by atoms with E-state index in [1.165, 1.54) is 13.8 Å². The summed E-state index contributed by atoms with van der Waals surface area (Å²) in [5.74, 6) is -0.886. The van der Waals surface area contributed by atoms with Gasteiger partial charge in [0.2, 0.25) is 0 Å². The van der Waals surface area contributed by atoms with Crippen LogP contribution in [0.25, 0.3) is 0 Å². The molecule has 0 radical (unpaired) electrons. The number of ketones is 2. The standard InChI is InChI=1S/C8H14O3/c1-4-5-7(10)8(3,11)6(2)9/h11H,4-5H2,1-3H3/t8-/m0/s1. The largest absolute Gasteiger partial charge is 0.375 e. The summed E-state index contributed by atoms with van der Waals surface area (Å²) in [6, 6.07) is 0. The van der Waals surface area contributed by atoms with Gasteiger partial charge in [0.1, 0.15) is 0 Å². The molecular formula is C8H14O3. The summed E-state index contributed by atoms with van der Waals surface area (Å²) in [4.78, 5) is 21.7. The number of carbonyl (C=O) groups is 2. The van der Waals surface area contributed by atoms with Gasteiger partial charge in [-0.25, -0.2) is 0 Å². The predicted octanol–water partition coefficient (Wildman–Crippen LogP) is 0.696. The maximum atomic E-state index is 11.0. The monoisotopic (exact) mass is 158 g/mol. The van der Waals surface area contributed by atoms with Crippen molar-refractivity contribution in [2.75, 3.05) is 0 Å². The summed E-state index contributed by atoms with van der Waals surface area (Å²) in [7, 11) is 0. The minimum atomic E-state index is -1.77. The highest BCUT2D eigenvalue weighted by Gasteiger charge is 2.33. The van der Waals surface area contributed by atoms with Crippen molar-refractivity contribution in [3.05, 3.63) is 0 Å². The Morgan fingerprint density at radius 3 is 2.18 bits per heavy atom. The molecule has 0 aliphatic carbocycles. The molecule has 0 aliphatic heterocycles. The highest BCUT2D eigenvalue weighted by Crippen LogP contribution is 2.09. The Morgan fingerprint density at radius 2 is 1.91 bits per heavy atom. The minimum absolute atomic E-state index is 0.257. The zero-order valence-corrected chi connectivity index (χ0v) is 7.18. The van der Waals surface area contributed by atoms with Crippen LogP contribution in [0.3, 0.4) is 0 Å². The van der Waals surface area contributed by atoms with Gasteiger partial charge in [-0.15, -0.1) is 0 Å². The third-order valence-electron chi connectivity index (χ3n) is 1.71. The first-order valence-corrected chi connectivity index (χ1v) is 3.69. The third-order valence-corrected chi connectivity index (χ3v) is 1.71. The molecule has 3 heteroatoms. The molecule has 0 heterocycles. The zero-order chi connectivity index (χ0) is 9.07. The summed E-state index contributed by atoms with van der Waals surface area (Å²) >= 11 is 0. The van der Waals surface area contributed by atoms with Gasteiger partial charge in [-0.3, -0.25) is 9.59 Å². The summed E-state index contributed by atoms with van der Waals surface area (Å²) in [5.41, 5.74) is -1.77. The Hall–Kier alpha value is -0.700. The highest BCUT2D eigenvalue weighted by molar-refractivity contribution is 6.08. The second kappa shape index (κ2) is 3.62. The lowest BCUT2D eigenvalue weighted by Gasteiger charge is -2.17. The van der Waals surface area contributed by atoms with Gasteiger partial charge < -0.3 is 5.11 Å². The fourth-order valence-corrected chi connectivity index (χ4v) is 0.667. The lowest BCUT2D eigenvalue weighted by Crippen LogP contribution is -2.41. The van der Waals surface area contributed by atoms with Crippen molar-refractivity contribution in [1.29, 1.82) is 0 Å². The van der Waals surface area contributed by atoms with E-state index in [1.807, 2.05) is 6.92 Å². The van der Waals surface area contributed by atoms with E-state index >= 15 is 0 Å². The van der Waals surface area contributed by atoms with Gasteiger partial charge in [-0.1, -0.05) is 6.92 Å². The summed E-state index contributed by atoms with van der Waals surface area (Å²) in [6.45, 7) is 4.29. The van der Waals surface area contributed by atoms with Crippen LogP contribution in [0.15, 0.2) is 0 Å². The molecule has 0 amide bonds. The Bertz CT molecular complexity index is 170. The molecule has 64 valence electrons. The number of aliphatic hydroxyl groups is 1. The van der Waals surface area contributed by atoms with E-state index in [9.17, 15) is 14.7 Å². The summed E-state index contributed by atoms with van der Waals surface area (Å²) in [5, 5.41) is 9.29. The molecule has 0 aromatic rings. The van der Waals surface area contributed by atoms with Crippen molar-refractivity contribution >= 4 is 11.6 Å². The Morgan fingerprint density at radius 1 is 1.45 bits per heavy atom. The molecule has 0 unspecified atom stereocenters. The molecule has 0 aromatic carbocycles. The van der Waals surface area contributed by atoms with Crippen molar-refractivity contribution in [1.82, 2.24) is 0 Å². The molecule has 0 aliphatic rings. The molecule has 0 rings (SSSR count). The SMILES string of the molecule is CCCC(=O)[C@@](C)(O)C(C)=O. The van der Waals surface area contributed by atoms with Gasteiger partial charge >= 0.3 is 0 Å². The molecule has 11 heavy (non-hydrogen) atoms. The van der Waals surface area contributed by atoms with Crippen LogP contribution in [0.5, 0.6) is 0 Å². The maximum Gasteiger partial charge on any atom is 0.177 e. The van der Waals surface area contributed by atoms with Crippen LogP contribution in [0.2, 0.25) is 0 Å². The fourth-order valence-electron chi connectivity index (χ4n) is 0.667. The Labute approximate surface area is 66.4 Å². The smallest absolute Gasteiger partial charge is 0.177 e. The van der Waals surface area contributed by atoms with E-state index in [4.69, 9.17) is 0 Å². The molecule has 1 atom stereocenters. The van der Waals surface area contributed by atoms with E-state index in [1.54, 1.807) is 0 Å². The number of hydrogen-bond acceptors (Lipinski definition) is 3. The van der Waals surface area contributed by atoms with Crippen molar-refractivity contribution in [2.45, 2.75) is 39.2 Å². The van der Waals surface area contributed by atoms with Crippen LogP contribution in [0, 0.1) is 0 Å². The van der Waals surface area contributed by atoms with Crippen molar-refractivity contribution < 1.29 is 14.7 Å². The van der Waals surface area contributed by atoms with E-state index in [2.05, 4.69) is 0 Å². The molecule has 3 nitrogen and oxygen atoms in total. The summed E-state index contributed by atoms with van der Waals surface area (Å²) < 4.78 is 0. The highest BCUT2D eigenvalue weighted by atomic mass is 16.3. The van der Waals surface area contributed by atoms with Crippen LogP contribution in [-0.2, 0) is 9.59 Å². The molecule has 0 bridgehead atoms. The van der Waals surface area contributed by atoms with Crippen LogP contribution in [-0.4, -0.2) is 22.3 Å². The zero-order valence-electron chi connectivity index (χ0n) is 7.18. The molecule has 0 spiro atoms. The van der Waals surface area contributed by atoms with Crippen molar-refractivity contribution in [2.24, 2.45) is 0 Å². The molecule has 0 aromatic heterocycles. The van der Waals surface area contributed by atoms with Gasteiger partial charge in [-0.05, 0) is 20.3 Å². The first-order valence-electron chi connectivity index (χ1n) is 3.69. The van der Waals surface area contributed by atoms with Gasteiger partial charge in [0.25, 0.3) is 0 Å². The van der Waals surface area contributed by atoms with Crippen LogP contribution >= 0.6 is 0 Å². The van der Waals surface area contributed by atoms with Crippen molar-refractivity contribution in [3.63, 3.8) is 0 Å². The fraction of sp³-hybridized carbons (Fsp3) is 0.750. The van der Waals surface area contributed by atoms with E-state index in [-0.39, 0.29) is 6.42 Å². The lowest BCUT2D eigenvalue weighted by molar-refractivity contribution is -0.147. The number of rotatable bonds is 4. The normalized spacial score (nSPS) is 15.6. The molecule has 1 N–H and O–H groups in total. The van der Waals surface area contributed by atoms with E-state index in [0.29, 0.717) is 6.42 Å². The number of carbonyl (C=O) groups excluding carboxylic acids is 2. The quantitative estimate of drug-likeness (QED) is 0.612. The first-order chi connectivity index (χ1) is 4.92. The summed E-state index contributed by atoms with van der Waals surface area (Å²) in [6.07, 6.45) is 0.912. The predicted molar refractivity (Wildman–Crippen MR) is 41.2 cm³/mol. The van der Waals surface area contributed by atoms with Gasteiger partial charge in [-0.2, -0.15) is 0 Å². The van der Waals surface area contributed by atoms with Gasteiger partial charge in [0.05, 0.1) is 0 Å². The second-order valence-electron chi connectivity index (χ2n) is 2.80. The topological polar surface area (TPSA) is 54.4 Å². The molecule has 0 fully saturated rings. The average molecular weight is 158 g/mol. The Kier molecular flexibility index (Phi) is 3.39. The van der Waals surface area contributed by atoms with Crippen LogP contribution < -0.4 is 0 Å². The molecule has 0 saturated heterocycles. The number of Topliss-reactive ketones (excluding diaryl/α,β-unsaturated/α-hetero) is 2. The molecule has 0 saturated carbocycles. The third kappa shape index (κ3) is 2.42. The average Bonchev–Trinajstić information content (AvgIpc) is 1.88. The van der Waals surface area contributed by atoms with Crippen LogP contribution in [0.1, 0.15) is 33.6 Å². The van der Waals surface area contributed by atoms with E-state index in [0.717, 1.165) is 0 Å². The first kappa shape index (κ1) is 10.3. The van der Waals surface area contributed by atoms with Gasteiger partial charge in [0.15, 0.2) is 17.2 Å². The van der Waals surface area contributed by atoms with E-state index < -0.39 is 17.2 Å². The second-order valence-corrected chi connectivity index (χ2v) is 2.80. The maximum absolute atomic E-state index is 11.0. The van der Waals surface area contributed by atoms with Crippen LogP contribution in [0.4, 0.5) is 0 Å². The van der Waals surface area contributed by atoms with Gasteiger partial charge in [0, 0.05) is 6.42 Å². The number of hydrogen-bond donors (Lipinski definition) is 1. The lowest BCUT2D eigenvalue weighted by atomic mass is 9.94. The molecular weight excluding hydrogens is 144 g/mol. The minimum Gasteiger partial charge on any atom is -0.375 e.